The van der Waals surface area contributed by atoms with Crippen LogP contribution >= 0.6 is 0 Å². The molecule has 0 unspecified atom stereocenters. The molecule has 12 rings (SSSR count). The van der Waals surface area contributed by atoms with Crippen LogP contribution in [0.2, 0.25) is 0 Å². The fourth-order valence-corrected chi connectivity index (χ4v) is 9.17. The van der Waals surface area contributed by atoms with Crippen molar-refractivity contribution in [2.24, 2.45) is 0 Å². The van der Waals surface area contributed by atoms with Crippen molar-refractivity contribution >= 4 is 43.6 Å². The van der Waals surface area contributed by atoms with Gasteiger partial charge in [-0.3, -0.25) is 0 Å². The molecule has 3 aromatic heterocycles. The van der Waals surface area contributed by atoms with E-state index in [2.05, 4.69) is 188 Å². The molecule has 4 nitrogen and oxygen atoms in total. The normalized spacial score (nSPS) is 11.5. The lowest BCUT2D eigenvalue weighted by atomic mass is 9.89. The van der Waals surface area contributed by atoms with E-state index in [0.29, 0.717) is 5.82 Å². The van der Waals surface area contributed by atoms with E-state index >= 15 is 0 Å². The van der Waals surface area contributed by atoms with Crippen LogP contribution in [0.25, 0.3) is 122 Å². The van der Waals surface area contributed by atoms with E-state index in [1.54, 1.807) is 0 Å². The first-order valence-corrected chi connectivity index (χ1v) is 21.3. The molecule has 294 valence electrons. The molecule has 63 heavy (non-hydrogen) atoms. The average Bonchev–Trinajstić information content (AvgIpc) is 3.74. The van der Waals surface area contributed by atoms with Crippen LogP contribution in [0.4, 0.5) is 0 Å². The second-order valence-electron chi connectivity index (χ2n) is 15.9. The molecule has 0 amide bonds. The number of nitrogens with zero attached hydrogens (tertiary/aromatic N) is 3. The molecule has 4 heteroatoms. The summed E-state index contributed by atoms with van der Waals surface area (Å²) in [5.41, 5.74) is 15.9. The van der Waals surface area contributed by atoms with Gasteiger partial charge in [-0.1, -0.05) is 200 Å². The van der Waals surface area contributed by atoms with Crippen LogP contribution in [0.5, 0.6) is 0 Å². The molecular formula is C59H37N3O. The zero-order valence-electron chi connectivity index (χ0n) is 34.1. The Kier molecular flexibility index (Phi) is 8.79. The van der Waals surface area contributed by atoms with Gasteiger partial charge in [-0.15, -0.1) is 0 Å². The topological polar surface area (TPSA) is 51.8 Å². The van der Waals surface area contributed by atoms with Crippen LogP contribution in [0.3, 0.4) is 0 Å². The van der Waals surface area contributed by atoms with Crippen molar-refractivity contribution in [1.82, 2.24) is 15.0 Å². The maximum Gasteiger partial charge on any atom is 0.160 e. The maximum absolute atomic E-state index is 6.62. The monoisotopic (exact) mass is 803 g/mol. The maximum atomic E-state index is 6.62. The average molecular weight is 804 g/mol. The molecule has 0 saturated heterocycles. The van der Waals surface area contributed by atoms with Crippen LogP contribution in [0, 0.1) is 0 Å². The minimum Gasteiger partial charge on any atom is -0.456 e. The second-order valence-corrected chi connectivity index (χ2v) is 15.9. The van der Waals surface area contributed by atoms with E-state index in [1.165, 1.54) is 5.39 Å². The van der Waals surface area contributed by atoms with Crippen LogP contribution in [0.15, 0.2) is 229 Å². The van der Waals surface area contributed by atoms with Gasteiger partial charge in [-0.05, 0) is 46.5 Å². The van der Waals surface area contributed by atoms with E-state index in [9.17, 15) is 0 Å². The van der Waals surface area contributed by atoms with Crippen molar-refractivity contribution in [2.45, 2.75) is 0 Å². The third kappa shape index (κ3) is 6.36. The highest BCUT2D eigenvalue weighted by atomic mass is 16.3. The molecule has 0 fully saturated rings. The van der Waals surface area contributed by atoms with Crippen molar-refractivity contribution in [2.75, 3.05) is 0 Å². The lowest BCUT2D eigenvalue weighted by Gasteiger charge is -2.18. The van der Waals surface area contributed by atoms with Crippen molar-refractivity contribution in [3.8, 4) is 78.5 Å². The predicted octanol–water partition coefficient (Wildman–Crippen LogP) is 15.7. The molecule has 0 saturated carbocycles. The molecule has 3 heterocycles. The van der Waals surface area contributed by atoms with Crippen LogP contribution in [-0.2, 0) is 0 Å². The van der Waals surface area contributed by atoms with Crippen molar-refractivity contribution in [1.29, 1.82) is 0 Å². The Morgan fingerprint density at radius 1 is 0.270 bits per heavy atom. The zero-order chi connectivity index (χ0) is 41.7. The summed E-state index contributed by atoms with van der Waals surface area (Å²) in [5, 5.41) is 5.55. The number of rotatable bonds is 7. The Morgan fingerprint density at radius 3 is 1.44 bits per heavy atom. The summed E-state index contributed by atoms with van der Waals surface area (Å²) in [7, 11) is 0. The number of fused-ring (bicyclic) bond motifs is 6. The SMILES string of the molecule is c1ccc(-c2nc(-c3ccccc3)c(-c3cccc(-c4ccc(-c5nc6ccccc6c6c(-c7ccccc7)c7c(cc56)oc5ccccc57)cc4)c3)c(-c3ccccc3)n2)cc1. The van der Waals surface area contributed by atoms with E-state index < -0.39 is 0 Å². The summed E-state index contributed by atoms with van der Waals surface area (Å²) >= 11 is 0. The summed E-state index contributed by atoms with van der Waals surface area (Å²) in [6.07, 6.45) is 0. The van der Waals surface area contributed by atoms with Gasteiger partial charge >= 0.3 is 0 Å². The van der Waals surface area contributed by atoms with Crippen LogP contribution in [-0.4, -0.2) is 15.0 Å². The van der Waals surface area contributed by atoms with Crippen molar-refractivity contribution < 1.29 is 4.42 Å². The van der Waals surface area contributed by atoms with Gasteiger partial charge in [0.2, 0.25) is 0 Å². The number of para-hydroxylation sites is 2. The quantitative estimate of drug-likeness (QED) is 0.151. The van der Waals surface area contributed by atoms with Gasteiger partial charge in [0.25, 0.3) is 0 Å². The first-order chi connectivity index (χ1) is 31.2. The van der Waals surface area contributed by atoms with Gasteiger partial charge < -0.3 is 4.42 Å². The summed E-state index contributed by atoms with van der Waals surface area (Å²) in [4.78, 5) is 16.0. The third-order valence-electron chi connectivity index (χ3n) is 12.1. The molecule has 0 bridgehead atoms. The number of pyridine rings is 1. The van der Waals surface area contributed by atoms with Gasteiger partial charge in [-0.25, -0.2) is 15.0 Å². The number of aromatic nitrogens is 3. The molecule has 9 aromatic carbocycles. The highest BCUT2D eigenvalue weighted by Gasteiger charge is 2.23. The number of hydrogen-bond donors (Lipinski definition) is 0. The fourth-order valence-electron chi connectivity index (χ4n) is 9.17. The zero-order valence-corrected chi connectivity index (χ0v) is 34.1. The van der Waals surface area contributed by atoms with Gasteiger partial charge in [-0.2, -0.15) is 0 Å². The molecule has 12 aromatic rings. The molecule has 0 radical (unpaired) electrons. The van der Waals surface area contributed by atoms with Crippen molar-refractivity contribution in [3.05, 3.63) is 224 Å². The summed E-state index contributed by atoms with van der Waals surface area (Å²) < 4.78 is 6.62. The number of furan rings is 1. The number of hydrogen-bond acceptors (Lipinski definition) is 4. The van der Waals surface area contributed by atoms with Gasteiger partial charge in [0.1, 0.15) is 11.2 Å². The lowest BCUT2D eigenvalue weighted by Crippen LogP contribution is -2.01. The van der Waals surface area contributed by atoms with Crippen molar-refractivity contribution in [3.63, 3.8) is 0 Å². The summed E-state index contributed by atoms with van der Waals surface area (Å²) in [6.45, 7) is 0. The van der Waals surface area contributed by atoms with E-state index in [1.807, 2.05) is 36.4 Å². The summed E-state index contributed by atoms with van der Waals surface area (Å²) in [5.74, 6) is 0.690. The summed E-state index contributed by atoms with van der Waals surface area (Å²) in [6, 6.07) is 78.4. The first kappa shape index (κ1) is 36.4. The third-order valence-corrected chi connectivity index (χ3v) is 12.1. The standard InChI is InChI=1S/C59H37N3O/c1-5-18-39(19-6-1)52-54-46-28-13-15-30-49(46)60-56(48(54)37-51-55(52)47-29-14-16-31-50(47)63-51)42-34-32-38(33-35-42)44-26-17-27-45(36-44)53-57(40-20-7-2-8-21-40)61-59(43-24-11-4-12-25-43)62-58(53)41-22-9-3-10-23-41/h1-37H. The van der Waals surface area contributed by atoms with Gasteiger partial charge in [0.15, 0.2) is 5.82 Å². The van der Waals surface area contributed by atoms with Gasteiger partial charge in [0.05, 0.1) is 22.6 Å². The Hall–Kier alpha value is -8.47. The fraction of sp³-hybridized carbons (Fsp3) is 0. The molecule has 0 atom stereocenters. The largest absolute Gasteiger partial charge is 0.456 e. The smallest absolute Gasteiger partial charge is 0.160 e. The first-order valence-electron chi connectivity index (χ1n) is 21.3. The Bertz CT molecular complexity index is 3580. The van der Waals surface area contributed by atoms with Crippen LogP contribution < -0.4 is 0 Å². The highest BCUT2D eigenvalue weighted by Crippen LogP contribution is 2.47. The minimum absolute atomic E-state index is 0.690. The van der Waals surface area contributed by atoms with E-state index in [0.717, 1.165) is 111 Å². The molecule has 0 N–H and O–H groups in total. The second kappa shape index (κ2) is 15.2. The minimum atomic E-state index is 0.690. The molecule has 0 aliphatic carbocycles. The molecule has 0 aliphatic heterocycles. The van der Waals surface area contributed by atoms with E-state index in [-0.39, 0.29) is 0 Å². The predicted molar refractivity (Wildman–Crippen MR) is 260 cm³/mol. The number of benzene rings is 9. The molecule has 0 aliphatic rings. The highest BCUT2D eigenvalue weighted by molar-refractivity contribution is 6.27. The Balaban J connectivity index is 1.03. The Morgan fingerprint density at radius 2 is 0.778 bits per heavy atom. The molecular weight excluding hydrogens is 767 g/mol. The molecule has 0 spiro atoms. The van der Waals surface area contributed by atoms with Crippen LogP contribution in [0.1, 0.15) is 0 Å². The lowest BCUT2D eigenvalue weighted by molar-refractivity contribution is 0.669. The Labute approximate surface area is 364 Å². The van der Waals surface area contributed by atoms with E-state index in [4.69, 9.17) is 19.4 Å². The van der Waals surface area contributed by atoms with Gasteiger partial charge in [0, 0.05) is 60.3 Å².